The van der Waals surface area contributed by atoms with Crippen LogP contribution in [0, 0.1) is 17.3 Å². The van der Waals surface area contributed by atoms with Crippen molar-refractivity contribution in [1.82, 2.24) is 10.5 Å². The van der Waals surface area contributed by atoms with Crippen LogP contribution in [0.3, 0.4) is 0 Å². The SMILES string of the molecule is CC(C)C(=O)NC1CC(Cc2cc(CCO)on2)C1(C)C. The summed E-state index contributed by atoms with van der Waals surface area (Å²) in [5, 5.41) is 16.1. The lowest BCUT2D eigenvalue weighted by molar-refractivity contribution is -0.128. The Morgan fingerprint density at radius 1 is 1.57 bits per heavy atom. The van der Waals surface area contributed by atoms with Gasteiger partial charge in [-0.2, -0.15) is 0 Å². The summed E-state index contributed by atoms with van der Waals surface area (Å²) >= 11 is 0. The van der Waals surface area contributed by atoms with E-state index in [1.54, 1.807) is 0 Å². The van der Waals surface area contributed by atoms with Gasteiger partial charge in [0, 0.05) is 24.4 Å². The zero-order valence-corrected chi connectivity index (χ0v) is 13.3. The van der Waals surface area contributed by atoms with Gasteiger partial charge in [0.2, 0.25) is 5.91 Å². The number of rotatable bonds is 6. The van der Waals surface area contributed by atoms with E-state index >= 15 is 0 Å². The molecule has 1 aliphatic carbocycles. The molecule has 0 bridgehead atoms. The number of aliphatic hydroxyl groups is 1. The first kappa shape index (κ1) is 16.0. The van der Waals surface area contributed by atoms with E-state index in [9.17, 15) is 4.79 Å². The Morgan fingerprint density at radius 2 is 2.29 bits per heavy atom. The number of hydrogen-bond acceptors (Lipinski definition) is 4. The normalized spacial score (nSPS) is 23.9. The van der Waals surface area contributed by atoms with Gasteiger partial charge < -0.3 is 14.9 Å². The Labute approximate surface area is 126 Å². The van der Waals surface area contributed by atoms with E-state index in [-0.39, 0.29) is 29.9 Å². The third kappa shape index (κ3) is 3.46. The molecule has 1 amide bonds. The van der Waals surface area contributed by atoms with E-state index in [4.69, 9.17) is 9.63 Å². The number of nitrogens with one attached hydrogen (secondary N) is 1. The molecule has 2 unspecified atom stereocenters. The molecule has 0 saturated heterocycles. The fraction of sp³-hybridized carbons (Fsp3) is 0.750. The van der Waals surface area contributed by atoms with E-state index < -0.39 is 0 Å². The van der Waals surface area contributed by atoms with Crippen molar-refractivity contribution in [2.75, 3.05) is 6.61 Å². The van der Waals surface area contributed by atoms with Crippen molar-refractivity contribution in [3.63, 3.8) is 0 Å². The van der Waals surface area contributed by atoms with Crippen molar-refractivity contribution in [3.05, 3.63) is 17.5 Å². The van der Waals surface area contributed by atoms with Crippen molar-refractivity contribution in [1.29, 1.82) is 0 Å². The largest absolute Gasteiger partial charge is 0.396 e. The lowest BCUT2D eigenvalue weighted by Crippen LogP contribution is -2.59. The van der Waals surface area contributed by atoms with Crippen molar-refractivity contribution < 1.29 is 14.4 Å². The summed E-state index contributed by atoms with van der Waals surface area (Å²) in [6, 6.07) is 2.16. The smallest absolute Gasteiger partial charge is 0.222 e. The average molecular weight is 294 g/mol. The maximum Gasteiger partial charge on any atom is 0.222 e. The van der Waals surface area contributed by atoms with Crippen LogP contribution in [0.5, 0.6) is 0 Å². The topological polar surface area (TPSA) is 75.4 Å². The summed E-state index contributed by atoms with van der Waals surface area (Å²) in [5.41, 5.74) is 1.01. The number of carbonyl (C=O) groups excluding carboxylic acids is 1. The number of carbonyl (C=O) groups is 1. The maximum atomic E-state index is 11.8. The van der Waals surface area contributed by atoms with Crippen LogP contribution < -0.4 is 5.32 Å². The van der Waals surface area contributed by atoms with Crippen LogP contribution in [0.25, 0.3) is 0 Å². The lowest BCUT2D eigenvalue weighted by atomic mass is 9.57. The molecule has 1 fully saturated rings. The van der Waals surface area contributed by atoms with Crippen molar-refractivity contribution in [2.24, 2.45) is 17.3 Å². The Hall–Kier alpha value is -1.36. The van der Waals surface area contributed by atoms with Gasteiger partial charge in [0.25, 0.3) is 0 Å². The summed E-state index contributed by atoms with van der Waals surface area (Å²) in [7, 11) is 0. The molecule has 0 radical (unpaired) electrons. The molecule has 2 atom stereocenters. The highest BCUT2D eigenvalue weighted by Gasteiger charge is 2.48. The van der Waals surface area contributed by atoms with Crippen LogP contribution in [0.4, 0.5) is 0 Å². The van der Waals surface area contributed by atoms with Crippen LogP contribution in [-0.2, 0) is 17.6 Å². The van der Waals surface area contributed by atoms with Crippen molar-refractivity contribution in [3.8, 4) is 0 Å². The minimum Gasteiger partial charge on any atom is -0.396 e. The molecule has 0 aliphatic heterocycles. The fourth-order valence-corrected chi connectivity index (χ4v) is 2.88. The predicted octanol–water partition coefficient (Wildman–Crippen LogP) is 1.94. The van der Waals surface area contributed by atoms with E-state index in [1.807, 2.05) is 19.9 Å². The van der Waals surface area contributed by atoms with Gasteiger partial charge in [-0.25, -0.2) is 0 Å². The summed E-state index contributed by atoms with van der Waals surface area (Å²) in [4.78, 5) is 11.8. The van der Waals surface area contributed by atoms with Gasteiger partial charge >= 0.3 is 0 Å². The van der Waals surface area contributed by atoms with Crippen LogP contribution in [0.1, 0.15) is 45.6 Å². The van der Waals surface area contributed by atoms with Gasteiger partial charge in [0.15, 0.2) is 0 Å². The highest BCUT2D eigenvalue weighted by Crippen LogP contribution is 2.47. The molecular weight excluding hydrogens is 268 g/mol. The molecule has 21 heavy (non-hydrogen) atoms. The number of aliphatic hydroxyl groups excluding tert-OH is 1. The van der Waals surface area contributed by atoms with Gasteiger partial charge in [-0.15, -0.1) is 0 Å². The van der Waals surface area contributed by atoms with Crippen LogP contribution in [0.15, 0.2) is 10.6 Å². The number of aromatic nitrogens is 1. The Kier molecular flexibility index (Phi) is 4.71. The Bertz CT molecular complexity index is 493. The average Bonchev–Trinajstić information content (AvgIpc) is 2.85. The highest BCUT2D eigenvalue weighted by molar-refractivity contribution is 5.78. The van der Waals surface area contributed by atoms with E-state index in [0.29, 0.717) is 12.3 Å². The highest BCUT2D eigenvalue weighted by atomic mass is 16.5. The van der Waals surface area contributed by atoms with E-state index in [2.05, 4.69) is 24.3 Å². The number of amides is 1. The molecule has 5 heteroatoms. The molecule has 1 aromatic heterocycles. The minimum absolute atomic E-state index is 0.0245. The molecule has 1 heterocycles. The summed E-state index contributed by atoms with van der Waals surface area (Å²) < 4.78 is 5.19. The maximum absolute atomic E-state index is 11.8. The van der Waals surface area contributed by atoms with Crippen molar-refractivity contribution >= 4 is 5.91 Å². The third-order valence-electron chi connectivity index (χ3n) is 4.73. The Morgan fingerprint density at radius 3 is 2.86 bits per heavy atom. The first-order chi connectivity index (χ1) is 9.84. The third-order valence-corrected chi connectivity index (χ3v) is 4.73. The van der Waals surface area contributed by atoms with Crippen LogP contribution in [-0.4, -0.2) is 28.8 Å². The van der Waals surface area contributed by atoms with Gasteiger partial charge in [0.1, 0.15) is 5.76 Å². The summed E-state index contributed by atoms with van der Waals surface area (Å²) in [6.07, 6.45) is 2.35. The molecule has 0 spiro atoms. The number of hydrogen-bond donors (Lipinski definition) is 2. The first-order valence-electron chi connectivity index (χ1n) is 7.70. The van der Waals surface area contributed by atoms with Gasteiger partial charge in [-0.3, -0.25) is 4.79 Å². The standard InChI is InChI=1S/C16H26N2O3/c1-10(2)15(20)17-14-8-11(16(14,3)4)7-12-9-13(5-6-19)21-18-12/h9-11,14,19H,5-8H2,1-4H3,(H,17,20). The van der Waals surface area contributed by atoms with Crippen LogP contribution >= 0.6 is 0 Å². The molecule has 1 saturated carbocycles. The van der Waals surface area contributed by atoms with Crippen LogP contribution in [0.2, 0.25) is 0 Å². The quantitative estimate of drug-likeness (QED) is 0.840. The van der Waals surface area contributed by atoms with Gasteiger partial charge in [-0.05, 0) is 24.2 Å². The zero-order valence-electron chi connectivity index (χ0n) is 13.3. The lowest BCUT2D eigenvalue weighted by Gasteiger charge is -2.52. The van der Waals surface area contributed by atoms with E-state index in [0.717, 1.165) is 24.3 Å². The van der Waals surface area contributed by atoms with Gasteiger partial charge in [0.05, 0.1) is 12.3 Å². The molecular formula is C16H26N2O3. The second-order valence-corrected chi connectivity index (χ2v) is 6.93. The van der Waals surface area contributed by atoms with Crippen molar-refractivity contribution in [2.45, 2.75) is 53.0 Å². The summed E-state index contributed by atoms with van der Waals surface area (Å²) in [5.74, 6) is 1.37. The molecule has 1 aromatic rings. The zero-order chi connectivity index (χ0) is 15.6. The monoisotopic (exact) mass is 294 g/mol. The molecule has 1 aliphatic rings. The molecule has 0 aromatic carbocycles. The van der Waals surface area contributed by atoms with Gasteiger partial charge in [-0.1, -0.05) is 32.9 Å². The van der Waals surface area contributed by atoms with E-state index in [1.165, 1.54) is 0 Å². The summed E-state index contributed by atoms with van der Waals surface area (Å²) in [6.45, 7) is 8.29. The molecule has 5 nitrogen and oxygen atoms in total. The first-order valence-corrected chi connectivity index (χ1v) is 7.70. The molecule has 118 valence electrons. The predicted molar refractivity (Wildman–Crippen MR) is 79.7 cm³/mol. The second-order valence-electron chi connectivity index (χ2n) is 6.93. The minimum atomic E-state index is 0.0245. The molecule has 2 N–H and O–H groups in total. The second kappa shape index (κ2) is 6.18. The fourth-order valence-electron chi connectivity index (χ4n) is 2.88. The molecule has 2 rings (SSSR count). The Balaban J connectivity index is 1.90. The number of nitrogens with zero attached hydrogens (tertiary/aromatic N) is 1.